The standard InChI is InChI=1S/C15H19N3O/c1-2-3-10-19-11-9-17-14-7-6-13(16)12-5-4-8-18-15(12)14/h2,4-8,17H,1,3,9-11,16H2. The third-order valence-electron chi connectivity index (χ3n) is 2.83. The molecule has 4 heteroatoms. The van der Waals surface area contributed by atoms with E-state index in [1.165, 1.54) is 0 Å². The Hall–Kier alpha value is -2.07. The maximum atomic E-state index is 5.93. The number of fused-ring (bicyclic) bond motifs is 1. The predicted molar refractivity (Wildman–Crippen MR) is 80.3 cm³/mol. The number of ether oxygens (including phenoxy) is 1. The van der Waals surface area contributed by atoms with Crippen molar-refractivity contribution in [3.8, 4) is 0 Å². The fourth-order valence-corrected chi connectivity index (χ4v) is 1.86. The number of pyridine rings is 1. The summed E-state index contributed by atoms with van der Waals surface area (Å²) in [5.74, 6) is 0. The number of nitrogens with zero attached hydrogens (tertiary/aromatic N) is 1. The lowest BCUT2D eigenvalue weighted by Crippen LogP contribution is -2.10. The van der Waals surface area contributed by atoms with Crippen LogP contribution < -0.4 is 11.1 Å². The number of aromatic nitrogens is 1. The van der Waals surface area contributed by atoms with Crippen molar-refractivity contribution in [2.24, 2.45) is 0 Å². The summed E-state index contributed by atoms with van der Waals surface area (Å²) in [6.07, 6.45) is 4.50. The summed E-state index contributed by atoms with van der Waals surface area (Å²) in [5.41, 5.74) is 8.56. The highest BCUT2D eigenvalue weighted by Crippen LogP contribution is 2.25. The van der Waals surface area contributed by atoms with Crippen LogP contribution in [0.15, 0.2) is 43.1 Å². The van der Waals surface area contributed by atoms with Crippen molar-refractivity contribution in [3.63, 3.8) is 0 Å². The molecule has 3 N–H and O–H groups in total. The number of nitrogens with two attached hydrogens (primary N) is 1. The van der Waals surface area contributed by atoms with Crippen molar-refractivity contribution in [1.29, 1.82) is 0 Å². The van der Waals surface area contributed by atoms with Crippen LogP contribution in [-0.4, -0.2) is 24.7 Å². The molecule has 1 aromatic heterocycles. The molecule has 1 heterocycles. The second kappa shape index (κ2) is 6.75. The lowest BCUT2D eigenvalue weighted by molar-refractivity contribution is 0.149. The minimum atomic E-state index is 0.659. The van der Waals surface area contributed by atoms with Crippen LogP contribution in [0, 0.1) is 0 Å². The van der Waals surface area contributed by atoms with Crippen LogP contribution in [0.25, 0.3) is 10.9 Å². The summed E-state index contributed by atoms with van der Waals surface area (Å²) < 4.78 is 5.45. The Labute approximate surface area is 113 Å². The van der Waals surface area contributed by atoms with Gasteiger partial charge in [-0.25, -0.2) is 0 Å². The maximum Gasteiger partial charge on any atom is 0.0953 e. The van der Waals surface area contributed by atoms with Gasteiger partial charge in [0, 0.05) is 23.8 Å². The minimum Gasteiger partial charge on any atom is -0.398 e. The fraction of sp³-hybridized carbons (Fsp3) is 0.267. The number of rotatable bonds is 7. The van der Waals surface area contributed by atoms with E-state index in [4.69, 9.17) is 10.5 Å². The molecule has 1 aromatic carbocycles. The van der Waals surface area contributed by atoms with Crippen LogP contribution >= 0.6 is 0 Å². The SMILES string of the molecule is C=CCCOCCNc1ccc(N)c2cccnc12. The van der Waals surface area contributed by atoms with Crippen molar-refractivity contribution in [3.05, 3.63) is 43.1 Å². The molecule has 0 unspecified atom stereocenters. The first kappa shape index (κ1) is 13.4. The van der Waals surface area contributed by atoms with E-state index in [9.17, 15) is 0 Å². The number of anilines is 2. The van der Waals surface area contributed by atoms with E-state index < -0.39 is 0 Å². The molecule has 2 rings (SSSR count). The van der Waals surface area contributed by atoms with Gasteiger partial charge in [0.1, 0.15) is 0 Å². The first-order valence-electron chi connectivity index (χ1n) is 6.38. The van der Waals surface area contributed by atoms with Crippen LogP contribution in [0.4, 0.5) is 11.4 Å². The van der Waals surface area contributed by atoms with Crippen molar-refractivity contribution >= 4 is 22.3 Å². The van der Waals surface area contributed by atoms with Crippen molar-refractivity contribution in [1.82, 2.24) is 4.98 Å². The first-order valence-corrected chi connectivity index (χ1v) is 6.38. The van der Waals surface area contributed by atoms with E-state index in [1.807, 2.05) is 30.3 Å². The molecule has 0 aliphatic rings. The van der Waals surface area contributed by atoms with Crippen molar-refractivity contribution in [2.45, 2.75) is 6.42 Å². The van der Waals surface area contributed by atoms with Crippen molar-refractivity contribution < 1.29 is 4.74 Å². The maximum absolute atomic E-state index is 5.93. The molecular formula is C15H19N3O. The largest absolute Gasteiger partial charge is 0.398 e. The fourth-order valence-electron chi connectivity index (χ4n) is 1.86. The van der Waals surface area contributed by atoms with Gasteiger partial charge >= 0.3 is 0 Å². The Kier molecular flexibility index (Phi) is 4.75. The summed E-state index contributed by atoms with van der Waals surface area (Å²) in [6.45, 7) is 5.77. The molecule has 2 aromatic rings. The summed E-state index contributed by atoms with van der Waals surface area (Å²) >= 11 is 0. The van der Waals surface area contributed by atoms with Gasteiger partial charge in [-0.1, -0.05) is 6.08 Å². The van der Waals surface area contributed by atoms with Crippen LogP contribution in [-0.2, 0) is 4.74 Å². The molecule has 0 aliphatic carbocycles. The summed E-state index contributed by atoms with van der Waals surface area (Å²) in [4.78, 5) is 4.37. The van der Waals surface area contributed by atoms with Gasteiger partial charge in [-0.05, 0) is 30.7 Å². The topological polar surface area (TPSA) is 60.2 Å². The average Bonchev–Trinajstić information content (AvgIpc) is 2.45. The van der Waals surface area contributed by atoms with Gasteiger partial charge in [0.25, 0.3) is 0 Å². The lowest BCUT2D eigenvalue weighted by Gasteiger charge is -2.10. The molecule has 0 radical (unpaired) electrons. The van der Waals surface area contributed by atoms with E-state index in [2.05, 4.69) is 16.9 Å². The molecule has 100 valence electrons. The molecule has 0 amide bonds. The summed E-state index contributed by atoms with van der Waals surface area (Å²) in [7, 11) is 0. The number of benzene rings is 1. The molecule has 0 saturated heterocycles. The highest BCUT2D eigenvalue weighted by Gasteiger charge is 2.04. The number of nitrogens with one attached hydrogen (secondary N) is 1. The van der Waals surface area contributed by atoms with Crippen LogP contribution in [0.3, 0.4) is 0 Å². The number of hydrogen-bond acceptors (Lipinski definition) is 4. The molecule has 0 saturated carbocycles. The third-order valence-corrected chi connectivity index (χ3v) is 2.83. The van der Waals surface area contributed by atoms with Crippen LogP contribution in [0.2, 0.25) is 0 Å². The van der Waals surface area contributed by atoms with Crippen LogP contribution in [0.1, 0.15) is 6.42 Å². The highest BCUT2D eigenvalue weighted by molar-refractivity contribution is 5.98. The predicted octanol–water partition coefficient (Wildman–Crippen LogP) is 2.82. The van der Waals surface area contributed by atoms with E-state index in [1.54, 1.807) is 6.20 Å². The zero-order valence-corrected chi connectivity index (χ0v) is 10.9. The molecular weight excluding hydrogens is 238 g/mol. The molecule has 0 atom stereocenters. The van der Waals surface area contributed by atoms with Gasteiger partial charge in [0.2, 0.25) is 0 Å². The lowest BCUT2D eigenvalue weighted by atomic mass is 10.1. The van der Waals surface area contributed by atoms with Gasteiger partial charge in [0.15, 0.2) is 0 Å². The molecule has 4 nitrogen and oxygen atoms in total. The second-order valence-corrected chi connectivity index (χ2v) is 4.22. The van der Waals surface area contributed by atoms with Crippen LogP contribution in [0.5, 0.6) is 0 Å². The van der Waals surface area contributed by atoms with Gasteiger partial charge in [-0.2, -0.15) is 0 Å². The van der Waals surface area contributed by atoms with Gasteiger partial charge in [0.05, 0.1) is 24.4 Å². The molecule has 0 spiro atoms. The third kappa shape index (κ3) is 3.45. The smallest absolute Gasteiger partial charge is 0.0953 e. The highest BCUT2D eigenvalue weighted by atomic mass is 16.5. The molecule has 0 bridgehead atoms. The summed E-state index contributed by atoms with van der Waals surface area (Å²) in [5, 5.41) is 4.30. The van der Waals surface area contributed by atoms with Crippen molar-refractivity contribution in [2.75, 3.05) is 30.8 Å². The molecule has 19 heavy (non-hydrogen) atoms. The van der Waals surface area contributed by atoms with E-state index in [0.29, 0.717) is 13.2 Å². The monoisotopic (exact) mass is 257 g/mol. The average molecular weight is 257 g/mol. The van der Waals surface area contributed by atoms with E-state index in [0.717, 1.165) is 35.2 Å². The number of nitrogen functional groups attached to an aromatic ring is 1. The molecule has 0 fully saturated rings. The van der Waals surface area contributed by atoms with Gasteiger partial charge in [-0.15, -0.1) is 6.58 Å². The Balaban J connectivity index is 1.97. The zero-order chi connectivity index (χ0) is 13.5. The quantitative estimate of drug-likeness (QED) is 0.455. The first-order chi connectivity index (χ1) is 9.33. The van der Waals surface area contributed by atoms with E-state index >= 15 is 0 Å². The normalized spacial score (nSPS) is 10.5. The molecule has 0 aliphatic heterocycles. The van der Waals surface area contributed by atoms with E-state index in [-0.39, 0.29) is 0 Å². The van der Waals surface area contributed by atoms with Gasteiger partial charge < -0.3 is 15.8 Å². The van der Waals surface area contributed by atoms with Gasteiger partial charge in [-0.3, -0.25) is 4.98 Å². The Morgan fingerprint density at radius 3 is 3.05 bits per heavy atom. The Morgan fingerprint density at radius 1 is 1.32 bits per heavy atom. The summed E-state index contributed by atoms with van der Waals surface area (Å²) in [6, 6.07) is 7.71. The second-order valence-electron chi connectivity index (χ2n) is 4.22. The minimum absolute atomic E-state index is 0.659. The zero-order valence-electron chi connectivity index (χ0n) is 10.9. The Bertz CT molecular complexity index is 554. The number of hydrogen-bond donors (Lipinski definition) is 2. The Morgan fingerprint density at radius 2 is 2.21 bits per heavy atom.